The second kappa shape index (κ2) is 5.76. The largest absolute Gasteiger partial charge is 0.496 e. The molecule has 1 heterocycles. The van der Waals surface area contributed by atoms with Gasteiger partial charge >= 0.3 is 0 Å². The molecular formula is C16H14BrClO2. The van der Waals surface area contributed by atoms with Crippen LogP contribution in [-0.4, -0.2) is 7.11 Å². The number of halogens is 2. The zero-order valence-corrected chi connectivity index (χ0v) is 13.4. The fourth-order valence-electron chi connectivity index (χ4n) is 2.43. The van der Waals surface area contributed by atoms with Crippen molar-refractivity contribution in [3.05, 3.63) is 63.7 Å². The zero-order chi connectivity index (χ0) is 14.1. The van der Waals surface area contributed by atoms with E-state index in [4.69, 9.17) is 21.1 Å². The van der Waals surface area contributed by atoms with Gasteiger partial charge in [0.1, 0.15) is 5.75 Å². The van der Waals surface area contributed by atoms with Gasteiger partial charge in [-0.1, -0.05) is 45.7 Å². The number of rotatable bonds is 3. The lowest BCUT2D eigenvalue weighted by molar-refractivity contribution is 0.134. The highest BCUT2D eigenvalue weighted by molar-refractivity contribution is 9.09. The van der Waals surface area contributed by atoms with E-state index in [2.05, 4.69) is 34.1 Å². The minimum Gasteiger partial charge on any atom is -0.496 e. The van der Waals surface area contributed by atoms with Crippen molar-refractivity contribution in [3.8, 4) is 5.75 Å². The van der Waals surface area contributed by atoms with Crippen molar-refractivity contribution in [2.24, 2.45) is 0 Å². The van der Waals surface area contributed by atoms with E-state index in [1.165, 1.54) is 16.7 Å². The van der Waals surface area contributed by atoms with Crippen molar-refractivity contribution >= 4 is 27.5 Å². The fraction of sp³-hybridized carbons (Fsp3) is 0.250. The minimum absolute atomic E-state index is 0.0436. The predicted octanol–water partition coefficient (Wildman–Crippen LogP) is 4.86. The van der Waals surface area contributed by atoms with Crippen LogP contribution in [0.3, 0.4) is 0 Å². The molecule has 0 N–H and O–H groups in total. The molecule has 3 rings (SSSR count). The molecule has 1 unspecified atom stereocenters. The number of alkyl halides is 1. The molecule has 20 heavy (non-hydrogen) atoms. The first-order chi connectivity index (χ1) is 9.69. The summed E-state index contributed by atoms with van der Waals surface area (Å²) in [6, 6.07) is 12.1. The first-order valence-electron chi connectivity index (χ1n) is 6.36. The van der Waals surface area contributed by atoms with Gasteiger partial charge in [0.05, 0.1) is 25.2 Å². The van der Waals surface area contributed by atoms with E-state index in [9.17, 15) is 0 Å². The summed E-state index contributed by atoms with van der Waals surface area (Å²) in [6.07, 6.45) is 0. The van der Waals surface area contributed by atoms with Crippen molar-refractivity contribution in [2.45, 2.75) is 18.0 Å². The van der Waals surface area contributed by atoms with Gasteiger partial charge in [-0.3, -0.25) is 0 Å². The van der Waals surface area contributed by atoms with Crippen molar-refractivity contribution in [2.75, 3.05) is 7.11 Å². The van der Waals surface area contributed by atoms with Gasteiger partial charge in [-0.25, -0.2) is 0 Å². The van der Waals surface area contributed by atoms with Gasteiger partial charge in [0, 0.05) is 10.6 Å². The van der Waals surface area contributed by atoms with Crippen LogP contribution in [0.4, 0.5) is 0 Å². The number of methoxy groups -OCH3 is 1. The van der Waals surface area contributed by atoms with Crippen molar-refractivity contribution in [1.29, 1.82) is 0 Å². The van der Waals surface area contributed by atoms with Crippen LogP contribution in [0.5, 0.6) is 5.75 Å². The summed E-state index contributed by atoms with van der Waals surface area (Å²) in [7, 11) is 1.67. The van der Waals surface area contributed by atoms with Gasteiger partial charge in [-0.05, 0) is 34.9 Å². The van der Waals surface area contributed by atoms with E-state index < -0.39 is 0 Å². The molecular weight excluding hydrogens is 340 g/mol. The third-order valence-corrected chi connectivity index (χ3v) is 4.76. The number of benzene rings is 2. The second-order valence-electron chi connectivity index (χ2n) is 4.77. The van der Waals surface area contributed by atoms with Crippen LogP contribution in [0, 0.1) is 0 Å². The molecule has 2 aromatic rings. The summed E-state index contributed by atoms with van der Waals surface area (Å²) in [5, 5.41) is 0.703. The molecule has 0 amide bonds. The molecule has 0 spiro atoms. The Morgan fingerprint density at radius 3 is 2.75 bits per heavy atom. The summed E-state index contributed by atoms with van der Waals surface area (Å²) in [6.45, 7) is 1.40. The van der Waals surface area contributed by atoms with E-state index >= 15 is 0 Å². The third kappa shape index (κ3) is 2.58. The molecule has 0 fully saturated rings. The number of hydrogen-bond donors (Lipinski definition) is 0. The predicted molar refractivity (Wildman–Crippen MR) is 83.7 cm³/mol. The number of hydrogen-bond acceptors (Lipinski definition) is 2. The molecule has 2 aromatic carbocycles. The molecule has 1 atom stereocenters. The van der Waals surface area contributed by atoms with E-state index in [-0.39, 0.29) is 4.83 Å². The molecule has 0 aromatic heterocycles. The maximum atomic E-state index is 6.10. The Bertz CT molecular complexity index is 642. The first kappa shape index (κ1) is 13.9. The Labute approximate surface area is 131 Å². The van der Waals surface area contributed by atoms with E-state index in [1.807, 2.05) is 18.2 Å². The maximum Gasteiger partial charge on any atom is 0.123 e. The van der Waals surface area contributed by atoms with Crippen LogP contribution in [-0.2, 0) is 18.0 Å². The molecule has 1 aliphatic rings. The lowest BCUT2D eigenvalue weighted by Gasteiger charge is -2.16. The fourth-order valence-corrected chi connectivity index (χ4v) is 3.26. The molecule has 0 saturated heterocycles. The average molecular weight is 354 g/mol. The molecule has 0 radical (unpaired) electrons. The van der Waals surface area contributed by atoms with E-state index in [0.717, 1.165) is 11.3 Å². The summed E-state index contributed by atoms with van der Waals surface area (Å²) < 4.78 is 10.9. The third-order valence-electron chi connectivity index (χ3n) is 3.50. The molecule has 0 bridgehead atoms. The van der Waals surface area contributed by atoms with Crippen LogP contribution < -0.4 is 4.74 Å². The molecule has 4 heteroatoms. The van der Waals surface area contributed by atoms with Crippen molar-refractivity contribution < 1.29 is 9.47 Å². The standard InChI is InChI=1S/C16H14BrClO2/c1-19-15-5-4-13(18)7-14(15)16(17)10-2-3-11-8-20-9-12(11)6-10/h2-7,16H,8-9H2,1H3. The van der Waals surface area contributed by atoms with Crippen LogP contribution in [0.15, 0.2) is 36.4 Å². The summed E-state index contributed by atoms with van der Waals surface area (Å²) >= 11 is 9.85. The SMILES string of the molecule is COc1ccc(Cl)cc1C(Br)c1ccc2c(c1)COC2. The van der Waals surface area contributed by atoms with Crippen LogP contribution in [0.25, 0.3) is 0 Å². The van der Waals surface area contributed by atoms with Gasteiger partial charge < -0.3 is 9.47 Å². The monoisotopic (exact) mass is 352 g/mol. The van der Waals surface area contributed by atoms with Crippen molar-refractivity contribution in [1.82, 2.24) is 0 Å². The lowest BCUT2D eigenvalue weighted by atomic mass is 10.00. The van der Waals surface area contributed by atoms with Gasteiger partial charge in [-0.2, -0.15) is 0 Å². The quantitative estimate of drug-likeness (QED) is 0.733. The topological polar surface area (TPSA) is 18.5 Å². The lowest BCUT2D eigenvalue weighted by Crippen LogP contribution is -1.98. The molecule has 1 aliphatic heterocycles. The van der Waals surface area contributed by atoms with Gasteiger partial charge in [0.2, 0.25) is 0 Å². The molecule has 0 aliphatic carbocycles. The average Bonchev–Trinajstić information content (AvgIpc) is 2.93. The zero-order valence-electron chi connectivity index (χ0n) is 11.0. The molecule has 104 valence electrons. The normalized spacial score (nSPS) is 14.9. The first-order valence-corrected chi connectivity index (χ1v) is 7.65. The Morgan fingerprint density at radius 2 is 1.95 bits per heavy atom. The van der Waals surface area contributed by atoms with E-state index in [1.54, 1.807) is 7.11 Å². The Balaban J connectivity index is 2.00. The van der Waals surface area contributed by atoms with E-state index in [0.29, 0.717) is 18.2 Å². The maximum absolute atomic E-state index is 6.10. The molecule has 2 nitrogen and oxygen atoms in total. The highest BCUT2D eigenvalue weighted by Crippen LogP contribution is 2.39. The summed E-state index contributed by atoms with van der Waals surface area (Å²) in [5.41, 5.74) is 4.73. The summed E-state index contributed by atoms with van der Waals surface area (Å²) in [4.78, 5) is 0.0436. The highest BCUT2D eigenvalue weighted by atomic mass is 79.9. The summed E-state index contributed by atoms with van der Waals surface area (Å²) in [5.74, 6) is 0.827. The van der Waals surface area contributed by atoms with Crippen LogP contribution in [0.2, 0.25) is 5.02 Å². The van der Waals surface area contributed by atoms with Crippen LogP contribution in [0.1, 0.15) is 27.1 Å². The Hall–Kier alpha value is -1.03. The second-order valence-corrected chi connectivity index (χ2v) is 6.12. The number of ether oxygens (including phenoxy) is 2. The number of fused-ring (bicyclic) bond motifs is 1. The van der Waals surface area contributed by atoms with Gasteiger partial charge in [0.15, 0.2) is 0 Å². The van der Waals surface area contributed by atoms with Crippen molar-refractivity contribution in [3.63, 3.8) is 0 Å². The van der Waals surface area contributed by atoms with Crippen LogP contribution >= 0.6 is 27.5 Å². The molecule has 0 saturated carbocycles. The Morgan fingerprint density at radius 1 is 1.15 bits per heavy atom. The highest BCUT2D eigenvalue weighted by Gasteiger charge is 2.19. The minimum atomic E-state index is 0.0436. The van der Waals surface area contributed by atoms with Gasteiger partial charge in [0.25, 0.3) is 0 Å². The Kier molecular flexibility index (Phi) is 4.01. The van der Waals surface area contributed by atoms with Gasteiger partial charge in [-0.15, -0.1) is 0 Å². The smallest absolute Gasteiger partial charge is 0.123 e.